The predicted molar refractivity (Wildman–Crippen MR) is 174 cm³/mol. The molecule has 2 aliphatic heterocycles. The van der Waals surface area contributed by atoms with E-state index >= 15 is 8.78 Å². The second-order valence-corrected chi connectivity index (χ2v) is 16.8. The van der Waals surface area contributed by atoms with Crippen molar-refractivity contribution in [1.82, 2.24) is 10.1 Å². The Kier molecular flexibility index (Phi) is 11.1. The molecule has 1 fully saturated rings. The Morgan fingerprint density at radius 2 is 1.67 bits per heavy atom. The highest BCUT2D eigenvalue weighted by Crippen LogP contribution is 2.59. The van der Waals surface area contributed by atoms with Gasteiger partial charge in [-0.05, 0) is 91.6 Å². The molecular formula is C33H46F2N3O9P. The number of hydrogen-bond acceptors (Lipinski definition) is 10. The van der Waals surface area contributed by atoms with Crippen LogP contribution in [0.3, 0.4) is 0 Å². The van der Waals surface area contributed by atoms with Crippen molar-refractivity contribution in [3.8, 4) is 5.88 Å². The standard InChI is InChI=1S/C33H46F2N3O9P/c1-31(2,3)43-20-26(48(41,46-32(4,5)6)47-33(7,8)9)29(39)37-13-10-21(11-14-37)28-24(34)16-22(17-25(28)35)38-18-23(45-30(38)40)19-42-27-12-15-44-36-27/h10,12,15-17,23,26H,11,13-14,18-20H2,1-9H3/t23-,26+/m1/s1. The molecule has 0 aliphatic carbocycles. The zero-order chi connectivity index (χ0) is 35.7. The number of cyclic esters (lactones) is 1. The van der Waals surface area contributed by atoms with E-state index in [0.717, 1.165) is 17.0 Å². The van der Waals surface area contributed by atoms with Crippen LogP contribution in [0, 0.1) is 11.6 Å². The number of hydrogen-bond donors (Lipinski definition) is 0. The molecule has 0 bridgehead atoms. The zero-order valence-corrected chi connectivity index (χ0v) is 29.9. The van der Waals surface area contributed by atoms with Gasteiger partial charge >= 0.3 is 13.7 Å². The topological polar surface area (TPSA) is 130 Å². The Hall–Kier alpha value is -3.32. The van der Waals surface area contributed by atoms with Crippen molar-refractivity contribution in [2.45, 2.75) is 97.3 Å². The molecule has 0 N–H and O–H groups in total. The summed E-state index contributed by atoms with van der Waals surface area (Å²) in [6.45, 7) is 15.6. The van der Waals surface area contributed by atoms with Crippen LogP contribution < -0.4 is 9.64 Å². The number of carbonyl (C=O) groups excluding carboxylic acids is 2. The van der Waals surface area contributed by atoms with Crippen molar-refractivity contribution >= 4 is 30.9 Å². The summed E-state index contributed by atoms with van der Waals surface area (Å²) in [6, 6.07) is 3.64. The lowest BCUT2D eigenvalue weighted by atomic mass is 9.97. The lowest BCUT2D eigenvalue weighted by Crippen LogP contribution is -2.46. The molecule has 12 nitrogen and oxygen atoms in total. The van der Waals surface area contributed by atoms with Crippen LogP contribution in [0.4, 0.5) is 19.3 Å². The van der Waals surface area contributed by atoms with Crippen molar-refractivity contribution in [2.24, 2.45) is 0 Å². The quantitative estimate of drug-likeness (QED) is 0.227. The van der Waals surface area contributed by atoms with E-state index < -0.39 is 59.8 Å². The van der Waals surface area contributed by atoms with Crippen LogP contribution >= 0.6 is 7.60 Å². The van der Waals surface area contributed by atoms with Crippen LogP contribution in [0.25, 0.3) is 5.57 Å². The maximum absolute atomic E-state index is 15.5. The lowest BCUT2D eigenvalue weighted by Gasteiger charge is -2.38. The number of halogens is 2. The van der Waals surface area contributed by atoms with Crippen molar-refractivity contribution in [3.05, 3.63) is 47.7 Å². The van der Waals surface area contributed by atoms with Crippen LogP contribution in [0.1, 0.15) is 74.3 Å². The number of nitrogens with zero attached hydrogens (tertiary/aromatic N) is 3. The molecule has 48 heavy (non-hydrogen) atoms. The lowest BCUT2D eigenvalue weighted by molar-refractivity contribution is -0.133. The number of carbonyl (C=O) groups is 2. The molecule has 266 valence electrons. The van der Waals surface area contributed by atoms with E-state index in [1.165, 1.54) is 17.2 Å². The van der Waals surface area contributed by atoms with Gasteiger partial charge < -0.3 is 32.7 Å². The van der Waals surface area contributed by atoms with Gasteiger partial charge in [0.15, 0.2) is 11.8 Å². The first-order valence-corrected chi connectivity index (χ1v) is 17.4. The van der Waals surface area contributed by atoms with E-state index in [9.17, 15) is 14.2 Å². The Morgan fingerprint density at radius 3 is 2.17 bits per heavy atom. The van der Waals surface area contributed by atoms with Gasteiger partial charge in [0.25, 0.3) is 5.88 Å². The van der Waals surface area contributed by atoms with Crippen molar-refractivity contribution in [2.75, 3.05) is 37.7 Å². The number of rotatable bonds is 11. The summed E-state index contributed by atoms with van der Waals surface area (Å²) in [5.41, 5.74) is -3.66. The minimum atomic E-state index is -4.13. The molecule has 0 spiro atoms. The first-order chi connectivity index (χ1) is 22.1. The number of anilines is 1. The van der Waals surface area contributed by atoms with E-state index in [0.29, 0.717) is 5.57 Å². The van der Waals surface area contributed by atoms with Gasteiger partial charge in [-0.25, -0.2) is 13.6 Å². The van der Waals surface area contributed by atoms with Gasteiger partial charge in [0.1, 0.15) is 24.5 Å². The van der Waals surface area contributed by atoms with Gasteiger partial charge in [-0.2, -0.15) is 0 Å². The predicted octanol–water partition coefficient (Wildman–Crippen LogP) is 6.98. The van der Waals surface area contributed by atoms with Crippen molar-refractivity contribution in [1.29, 1.82) is 0 Å². The van der Waals surface area contributed by atoms with Crippen molar-refractivity contribution in [3.63, 3.8) is 0 Å². The maximum atomic E-state index is 15.5. The van der Waals surface area contributed by atoms with Crippen LogP contribution in [0.15, 0.2) is 35.1 Å². The molecule has 2 aliphatic rings. The van der Waals surface area contributed by atoms with E-state index in [2.05, 4.69) is 5.16 Å². The highest BCUT2D eigenvalue weighted by Gasteiger charge is 2.49. The van der Waals surface area contributed by atoms with Gasteiger partial charge in [-0.1, -0.05) is 6.08 Å². The van der Waals surface area contributed by atoms with Crippen molar-refractivity contribution < 1.29 is 50.7 Å². The van der Waals surface area contributed by atoms with E-state index in [4.69, 9.17) is 27.8 Å². The van der Waals surface area contributed by atoms with E-state index in [-0.39, 0.29) is 56.4 Å². The largest absolute Gasteiger partial charge is 0.471 e. The molecule has 15 heteroatoms. The van der Waals surface area contributed by atoms with Crippen LogP contribution in [0.5, 0.6) is 5.88 Å². The molecule has 0 radical (unpaired) electrons. The SMILES string of the molecule is CC(C)(C)OC[C@@H](C(=O)N1CC=C(c2c(F)cc(N3C[C@H](COc4ccon4)OC3=O)cc2F)CC1)P(=O)(OC(C)(C)C)OC(C)(C)C. The van der Waals surface area contributed by atoms with E-state index in [1.54, 1.807) is 47.6 Å². The summed E-state index contributed by atoms with van der Waals surface area (Å²) >= 11 is 0. The Balaban J connectivity index is 1.52. The number of benzene rings is 1. The third-order valence-electron chi connectivity index (χ3n) is 7.03. The van der Waals surface area contributed by atoms with Gasteiger partial charge in [0, 0.05) is 24.7 Å². The summed E-state index contributed by atoms with van der Waals surface area (Å²) in [7, 11) is -4.13. The number of aromatic nitrogens is 1. The van der Waals surface area contributed by atoms with Crippen LogP contribution in [-0.2, 0) is 27.9 Å². The average molecular weight is 698 g/mol. The summed E-state index contributed by atoms with van der Waals surface area (Å²) in [6.07, 6.45) is 1.54. The third-order valence-corrected chi connectivity index (χ3v) is 9.77. The second-order valence-electron chi connectivity index (χ2n) is 14.7. The Morgan fingerprint density at radius 1 is 1.04 bits per heavy atom. The van der Waals surface area contributed by atoms with Gasteiger partial charge in [0.2, 0.25) is 5.91 Å². The zero-order valence-electron chi connectivity index (χ0n) is 29.0. The molecule has 2 aromatic rings. The molecule has 3 heterocycles. The number of ether oxygens (including phenoxy) is 3. The van der Waals surface area contributed by atoms with Gasteiger partial charge in [-0.15, -0.1) is 0 Å². The monoisotopic (exact) mass is 697 g/mol. The maximum Gasteiger partial charge on any atom is 0.414 e. The molecule has 4 rings (SSSR count). The first kappa shape index (κ1) is 37.5. The fraction of sp³-hybridized carbons (Fsp3) is 0.606. The fourth-order valence-electron chi connectivity index (χ4n) is 5.14. The smallest absolute Gasteiger partial charge is 0.414 e. The summed E-state index contributed by atoms with van der Waals surface area (Å²) < 4.78 is 78.8. The Labute approximate surface area is 280 Å². The minimum absolute atomic E-state index is 0.00248. The first-order valence-electron chi connectivity index (χ1n) is 15.8. The summed E-state index contributed by atoms with van der Waals surface area (Å²) in [5, 5.41) is 3.62. The molecule has 0 unspecified atom stereocenters. The highest BCUT2D eigenvalue weighted by molar-refractivity contribution is 7.55. The molecule has 0 saturated carbocycles. The van der Waals surface area contributed by atoms with Crippen LogP contribution in [0.2, 0.25) is 0 Å². The average Bonchev–Trinajstić information content (AvgIpc) is 3.58. The normalized spacial score (nSPS) is 18.5. The fourth-order valence-corrected chi connectivity index (χ4v) is 7.65. The third kappa shape index (κ3) is 9.87. The molecule has 2 amide bonds. The molecule has 1 saturated heterocycles. The minimum Gasteiger partial charge on any atom is -0.471 e. The van der Waals surface area contributed by atoms with Gasteiger partial charge in [0.05, 0.1) is 35.6 Å². The Bertz CT molecular complexity index is 1500. The molecule has 2 atom stereocenters. The number of amides is 2. The highest BCUT2D eigenvalue weighted by atomic mass is 31.2. The summed E-state index contributed by atoms with van der Waals surface area (Å²) in [5.74, 6) is -2.04. The molecule has 1 aromatic carbocycles. The molecule has 1 aromatic heterocycles. The molecular weight excluding hydrogens is 651 g/mol. The second kappa shape index (κ2) is 14.3. The van der Waals surface area contributed by atoms with Crippen LogP contribution in [-0.4, -0.2) is 83.5 Å². The van der Waals surface area contributed by atoms with E-state index in [1.807, 2.05) is 20.8 Å². The van der Waals surface area contributed by atoms with Gasteiger partial charge in [-0.3, -0.25) is 14.3 Å². The summed E-state index contributed by atoms with van der Waals surface area (Å²) in [4.78, 5) is 29.1.